The predicted molar refractivity (Wildman–Crippen MR) is 87.5 cm³/mol. The summed E-state index contributed by atoms with van der Waals surface area (Å²) < 4.78 is 0. The molecule has 0 aromatic rings. The maximum atomic E-state index is 4.34. The molecule has 5 atom stereocenters. The maximum Gasteiger partial charge on any atom is 0.000250 e. The summed E-state index contributed by atoms with van der Waals surface area (Å²) in [6.45, 7) is 16.2. The third-order valence-corrected chi connectivity index (χ3v) is 7.39. The van der Waals surface area contributed by atoms with Gasteiger partial charge in [-0.05, 0) is 67.1 Å². The Balaban J connectivity index is 1.94. The van der Waals surface area contributed by atoms with E-state index >= 15 is 0 Å². The molecular formula is C20H32. The van der Waals surface area contributed by atoms with Gasteiger partial charge in [0.2, 0.25) is 0 Å². The minimum Gasteiger partial charge on any atom is -0.102 e. The highest BCUT2D eigenvalue weighted by molar-refractivity contribution is 5.18. The Morgan fingerprint density at radius 3 is 2.55 bits per heavy atom. The fourth-order valence-electron chi connectivity index (χ4n) is 6.51. The highest BCUT2D eigenvalue weighted by atomic mass is 14.6. The fraction of sp³-hybridized carbons (Fsp3) is 0.800. The van der Waals surface area contributed by atoms with Crippen LogP contribution in [-0.4, -0.2) is 0 Å². The lowest BCUT2D eigenvalue weighted by Crippen LogP contribution is -2.53. The van der Waals surface area contributed by atoms with E-state index in [9.17, 15) is 0 Å². The SMILES string of the molecule is C=C[C@H]1C(=C)CCC2[C@H]1CC[C@H]1C(C)(C)CCC[C@]21C. The third kappa shape index (κ3) is 1.94. The molecule has 3 rings (SSSR count). The van der Waals surface area contributed by atoms with Crippen LogP contribution >= 0.6 is 0 Å². The lowest BCUT2D eigenvalue weighted by Gasteiger charge is -2.61. The molecule has 0 aliphatic heterocycles. The molecule has 0 nitrogen and oxygen atoms in total. The van der Waals surface area contributed by atoms with Crippen molar-refractivity contribution >= 4 is 0 Å². The van der Waals surface area contributed by atoms with Crippen molar-refractivity contribution in [1.82, 2.24) is 0 Å². The molecule has 112 valence electrons. The summed E-state index contributed by atoms with van der Waals surface area (Å²) in [6, 6.07) is 0. The molecule has 3 aliphatic carbocycles. The first kappa shape index (κ1) is 14.4. The minimum absolute atomic E-state index is 0.552. The highest BCUT2D eigenvalue weighted by Crippen LogP contribution is 2.64. The molecule has 0 aromatic carbocycles. The van der Waals surface area contributed by atoms with Crippen LogP contribution in [0.2, 0.25) is 0 Å². The standard InChI is InChI=1S/C20H32/c1-6-15-14(2)8-10-17-16(15)9-11-18-19(3,4)12-7-13-20(17,18)5/h6,15-18H,1-2,7-13H2,3-5H3/t15-,16-,17?,18-,20+/m0/s1. The second-order valence-corrected chi connectivity index (χ2v) is 8.71. The van der Waals surface area contributed by atoms with Gasteiger partial charge in [0.15, 0.2) is 0 Å². The van der Waals surface area contributed by atoms with Gasteiger partial charge in [-0.1, -0.05) is 45.4 Å². The van der Waals surface area contributed by atoms with Gasteiger partial charge in [-0.2, -0.15) is 0 Å². The van der Waals surface area contributed by atoms with Crippen LogP contribution in [0.3, 0.4) is 0 Å². The van der Waals surface area contributed by atoms with Crippen LogP contribution in [0, 0.1) is 34.5 Å². The number of fused-ring (bicyclic) bond motifs is 3. The van der Waals surface area contributed by atoms with Crippen molar-refractivity contribution in [1.29, 1.82) is 0 Å². The second kappa shape index (κ2) is 4.75. The van der Waals surface area contributed by atoms with Crippen molar-refractivity contribution in [2.45, 2.75) is 65.7 Å². The largest absolute Gasteiger partial charge is 0.102 e. The fourth-order valence-corrected chi connectivity index (χ4v) is 6.51. The Morgan fingerprint density at radius 2 is 1.85 bits per heavy atom. The smallest absolute Gasteiger partial charge is 0.000250 e. The average molecular weight is 272 g/mol. The van der Waals surface area contributed by atoms with Crippen molar-refractivity contribution in [2.75, 3.05) is 0 Å². The zero-order valence-corrected chi connectivity index (χ0v) is 13.8. The van der Waals surface area contributed by atoms with Gasteiger partial charge in [-0.15, -0.1) is 6.58 Å². The van der Waals surface area contributed by atoms with Crippen LogP contribution in [0.15, 0.2) is 24.8 Å². The highest BCUT2D eigenvalue weighted by Gasteiger charge is 2.56. The molecule has 0 radical (unpaired) electrons. The summed E-state index contributed by atoms with van der Waals surface area (Å²) in [4.78, 5) is 0. The molecule has 0 aromatic heterocycles. The summed E-state index contributed by atoms with van der Waals surface area (Å²) >= 11 is 0. The normalized spacial score (nSPS) is 47.2. The van der Waals surface area contributed by atoms with Crippen LogP contribution < -0.4 is 0 Å². The molecule has 0 N–H and O–H groups in total. The Hall–Kier alpha value is -0.520. The summed E-state index contributed by atoms with van der Waals surface area (Å²) in [5.41, 5.74) is 2.58. The summed E-state index contributed by atoms with van der Waals surface area (Å²) in [7, 11) is 0. The molecule has 3 aliphatic rings. The first-order chi connectivity index (χ1) is 9.40. The number of hydrogen-bond acceptors (Lipinski definition) is 0. The van der Waals surface area contributed by atoms with Gasteiger partial charge in [-0.3, -0.25) is 0 Å². The zero-order valence-electron chi connectivity index (χ0n) is 13.8. The number of allylic oxidation sites excluding steroid dienone is 2. The molecule has 0 saturated heterocycles. The van der Waals surface area contributed by atoms with Gasteiger partial charge in [0.1, 0.15) is 0 Å². The Kier molecular flexibility index (Phi) is 3.42. The van der Waals surface area contributed by atoms with Crippen molar-refractivity contribution in [2.24, 2.45) is 34.5 Å². The lowest BCUT2D eigenvalue weighted by atomic mass is 9.43. The van der Waals surface area contributed by atoms with Gasteiger partial charge < -0.3 is 0 Å². The average Bonchev–Trinajstić information content (AvgIpc) is 2.37. The first-order valence-corrected chi connectivity index (χ1v) is 8.70. The molecular weight excluding hydrogens is 240 g/mol. The molecule has 0 bridgehead atoms. The van der Waals surface area contributed by atoms with E-state index in [1.807, 2.05) is 0 Å². The van der Waals surface area contributed by atoms with Gasteiger partial charge in [-0.25, -0.2) is 0 Å². The van der Waals surface area contributed by atoms with Crippen molar-refractivity contribution in [3.63, 3.8) is 0 Å². The van der Waals surface area contributed by atoms with E-state index < -0.39 is 0 Å². The molecule has 3 fully saturated rings. The number of hydrogen-bond donors (Lipinski definition) is 0. The minimum atomic E-state index is 0.552. The van der Waals surface area contributed by atoms with Crippen LogP contribution in [0.25, 0.3) is 0 Å². The zero-order chi connectivity index (χ0) is 14.5. The van der Waals surface area contributed by atoms with Gasteiger partial charge >= 0.3 is 0 Å². The monoisotopic (exact) mass is 272 g/mol. The van der Waals surface area contributed by atoms with E-state index in [2.05, 4.69) is 40.0 Å². The van der Waals surface area contributed by atoms with E-state index in [1.165, 1.54) is 50.5 Å². The number of rotatable bonds is 1. The van der Waals surface area contributed by atoms with Gasteiger partial charge in [0.05, 0.1) is 0 Å². The molecule has 3 saturated carbocycles. The summed E-state index contributed by atoms with van der Waals surface area (Å²) in [6.07, 6.45) is 12.0. The molecule has 1 unspecified atom stereocenters. The Morgan fingerprint density at radius 1 is 1.10 bits per heavy atom. The Labute approximate surface area is 125 Å². The maximum absolute atomic E-state index is 4.34. The van der Waals surface area contributed by atoms with Crippen molar-refractivity contribution in [3.8, 4) is 0 Å². The first-order valence-electron chi connectivity index (χ1n) is 8.70. The molecule has 20 heavy (non-hydrogen) atoms. The van der Waals surface area contributed by atoms with Crippen molar-refractivity contribution < 1.29 is 0 Å². The molecule has 0 amide bonds. The van der Waals surface area contributed by atoms with Crippen LogP contribution in [0.4, 0.5) is 0 Å². The van der Waals surface area contributed by atoms with Crippen LogP contribution in [-0.2, 0) is 0 Å². The lowest BCUT2D eigenvalue weighted by molar-refractivity contribution is -0.110. The van der Waals surface area contributed by atoms with E-state index in [0.29, 0.717) is 16.7 Å². The van der Waals surface area contributed by atoms with Gasteiger partial charge in [0, 0.05) is 5.92 Å². The summed E-state index contributed by atoms with van der Waals surface area (Å²) in [5, 5.41) is 0. The predicted octanol–water partition coefficient (Wildman–Crippen LogP) is 6.00. The van der Waals surface area contributed by atoms with Crippen molar-refractivity contribution in [3.05, 3.63) is 24.8 Å². The quantitative estimate of drug-likeness (QED) is 0.514. The third-order valence-electron chi connectivity index (χ3n) is 7.39. The Bertz CT molecular complexity index is 416. The molecule has 0 heteroatoms. The van der Waals surface area contributed by atoms with E-state index in [-0.39, 0.29) is 0 Å². The van der Waals surface area contributed by atoms with Crippen LogP contribution in [0.1, 0.15) is 65.7 Å². The van der Waals surface area contributed by atoms with E-state index in [0.717, 1.165) is 17.8 Å². The second-order valence-electron chi connectivity index (χ2n) is 8.71. The summed E-state index contributed by atoms with van der Waals surface area (Å²) in [5.74, 6) is 3.27. The van der Waals surface area contributed by atoms with E-state index in [4.69, 9.17) is 0 Å². The van der Waals surface area contributed by atoms with E-state index in [1.54, 1.807) is 0 Å². The molecule has 0 spiro atoms. The van der Waals surface area contributed by atoms with Crippen LogP contribution in [0.5, 0.6) is 0 Å². The molecule has 0 heterocycles. The van der Waals surface area contributed by atoms with Gasteiger partial charge in [0.25, 0.3) is 0 Å². The topological polar surface area (TPSA) is 0 Å².